The Bertz CT molecular complexity index is 515. The maximum atomic E-state index is 12.6. The lowest BCUT2D eigenvalue weighted by atomic mass is 9.95. The zero-order valence-corrected chi connectivity index (χ0v) is 17.9. The van der Waals surface area contributed by atoms with Gasteiger partial charge in [-0.2, -0.15) is 0 Å². The molecular formula is C16H33Cl2N3O3S. The minimum absolute atomic E-state index is 0. The molecule has 2 atom stereocenters. The first-order chi connectivity index (χ1) is 10.8. The second-order valence-corrected chi connectivity index (χ2v) is 9.46. The third-order valence-corrected chi connectivity index (χ3v) is 7.58. The number of rotatable bonds is 5. The van der Waals surface area contributed by atoms with Gasteiger partial charge in [-0.05, 0) is 52.6 Å². The summed E-state index contributed by atoms with van der Waals surface area (Å²) in [5.74, 6) is -0.321. The van der Waals surface area contributed by atoms with E-state index in [0.29, 0.717) is 44.6 Å². The molecule has 0 aromatic rings. The van der Waals surface area contributed by atoms with Crippen molar-refractivity contribution in [2.45, 2.75) is 62.8 Å². The Kier molecular flexibility index (Phi) is 10.3. The fourth-order valence-corrected chi connectivity index (χ4v) is 5.33. The summed E-state index contributed by atoms with van der Waals surface area (Å²) in [6, 6.07) is 1.05. The summed E-state index contributed by atoms with van der Waals surface area (Å²) in [5, 5.41) is 6.03. The van der Waals surface area contributed by atoms with Crippen LogP contribution in [0.4, 0.5) is 0 Å². The number of amides is 1. The summed E-state index contributed by atoms with van der Waals surface area (Å²) in [6.07, 6.45) is 5.54. The van der Waals surface area contributed by atoms with Crippen LogP contribution in [0.2, 0.25) is 0 Å². The van der Waals surface area contributed by atoms with E-state index >= 15 is 0 Å². The van der Waals surface area contributed by atoms with Gasteiger partial charge in [0.2, 0.25) is 5.91 Å². The van der Waals surface area contributed by atoms with Gasteiger partial charge >= 0.3 is 0 Å². The molecule has 2 saturated heterocycles. The van der Waals surface area contributed by atoms with Gasteiger partial charge in [0.15, 0.2) is 14.6 Å². The second kappa shape index (κ2) is 10.3. The SMILES string of the molecule is CC1CCCC(C)N1CCNC(=O)C1(S(C)(=O)=O)CCNCC1.Cl.Cl. The molecule has 0 aromatic carbocycles. The summed E-state index contributed by atoms with van der Waals surface area (Å²) in [7, 11) is -3.43. The molecule has 0 aliphatic carbocycles. The van der Waals surface area contributed by atoms with E-state index in [2.05, 4.69) is 29.4 Å². The Morgan fingerprint density at radius 3 is 2.16 bits per heavy atom. The van der Waals surface area contributed by atoms with Crippen LogP contribution in [-0.2, 0) is 14.6 Å². The number of carbonyl (C=O) groups excluding carboxylic acids is 1. The first kappa shape index (κ1) is 24.9. The average Bonchev–Trinajstić information content (AvgIpc) is 2.49. The minimum Gasteiger partial charge on any atom is -0.353 e. The fourth-order valence-electron chi connectivity index (χ4n) is 3.97. The van der Waals surface area contributed by atoms with Crippen LogP contribution < -0.4 is 10.6 Å². The van der Waals surface area contributed by atoms with E-state index in [1.165, 1.54) is 25.5 Å². The van der Waals surface area contributed by atoms with Gasteiger partial charge in [-0.25, -0.2) is 8.42 Å². The first-order valence-corrected chi connectivity index (χ1v) is 10.6. The van der Waals surface area contributed by atoms with Crippen LogP contribution in [0.3, 0.4) is 0 Å². The van der Waals surface area contributed by atoms with Crippen LogP contribution in [0.15, 0.2) is 0 Å². The third kappa shape index (κ3) is 5.70. The molecule has 0 spiro atoms. The number of nitrogens with zero attached hydrogens (tertiary/aromatic N) is 1. The topological polar surface area (TPSA) is 78.5 Å². The quantitative estimate of drug-likeness (QED) is 0.705. The van der Waals surface area contributed by atoms with E-state index in [1.807, 2.05) is 0 Å². The number of likely N-dealkylation sites (tertiary alicyclic amines) is 1. The van der Waals surface area contributed by atoms with Gasteiger partial charge in [0.1, 0.15) is 0 Å². The van der Waals surface area contributed by atoms with E-state index < -0.39 is 14.6 Å². The molecule has 2 rings (SSSR count). The number of sulfone groups is 1. The molecule has 0 saturated carbocycles. The maximum Gasteiger partial charge on any atom is 0.241 e. The normalized spacial score (nSPS) is 26.8. The Hall–Kier alpha value is -0.0800. The van der Waals surface area contributed by atoms with Crippen molar-refractivity contribution in [3.8, 4) is 0 Å². The van der Waals surface area contributed by atoms with E-state index in [9.17, 15) is 13.2 Å². The molecule has 6 nitrogen and oxygen atoms in total. The minimum atomic E-state index is -3.43. The summed E-state index contributed by atoms with van der Waals surface area (Å²) in [4.78, 5) is 15.1. The standard InChI is InChI=1S/C16H31N3O3S.2ClH/c1-13-5-4-6-14(2)19(13)12-11-18-15(20)16(23(3,21)22)7-9-17-10-8-16;;/h13-14,17H,4-12H2,1-3H3,(H,18,20);2*1H. The predicted molar refractivity (Wildman–Crippen MR) is 107 cm³/mol. The largest absolute Gasteiger partial charge is 0.353 e. The molecule has 2 aliphatic heterocycles. The summed E-state index contributed by atoms with van der Waals surface area (Å²) >= 11 is 0. The van der Waals surface area contributed by atoms with Crippen molar-refractivity contribution < 1.29 is 13.2 Å². The molecule has 0 bridgehead atoms. The summed E-state index contributed by atoms with van der Waals surface area (Å²) in [6.45, 7) is 6.89. The van der Waals surface area contributed by atoms with Crippen LogP contribution in [-0.4, -0.2) is 68.5 Å². The molecule has 2 fully saturated rings. The van der Waals surface area contributed by atoms with Crippen molar-refractivity contribution in [3.63, 3.8) is 0 Å². The third-order valence-electron chi connectivity index (χ3n) is 5.57. The number of nitrogens with one attached hydrogen (secondary N) is 2. The Morgan fingerprint density at radius 2 is 1.68 bits per heavy atom. The van der Waals surface area contributed by atoms with Crippen molar-refractivity contribution >= 4 is 40.6 Å². The molecular weight excluding hydrogens is 385 g/mol. The van der Waals surface area contributed by atoms with Crippen LogP contribution >= 0.6 is 24.8 Å². The zero-order valence-electron chi connectivity index (χ0n) is 15.4. The molecule has 2 heterocycles. The van der Waals surface area contributed by atoms with Crippen LogP contribution in [0, 0.1) is 0 Å². The number of halogens is 2. The molecule has 9 heteroatoms. The monoisotopic (exact) mass is 417 g/mol. The Labute approximate surface area is 164 Å². The van der Waals surface area contributed by atoms with Crippen molar-refractivity contribution in [2.24, 2.45) is 0 Å². The lowest BCUT2D eigenvalue weighted by molar-refractivity contribution is -0.124. The highest BCUT2D eigenvalue weighted by Crippen LogP contribution is 2.28. The number of hydrogen-bond donors (Lipinski definition) is 2. The first-order valence-electron chi connectivity index (χ1n) is 8.72. The Morgan fingerprint density at radius 1 is 1.16 bits per heavy atom. The van der Waals surface area contributed by atoms with E-state index in [1.54, 1.807) is 0 Å². The lowest BCUT2D eigenvalue weighted by Gasteiger charge is -2.39. The van der Waals surface area contributed by atoms with Gasteiger partial charge in [0, 0.05) is 31.4 Å². The maximum absolute atomic E-state index is 12.6. The highest BCUT2D eigenvalue weighted by Gasteiger charge is 2.48. The molecule has 150 valence electrons. The van der Waals surface area contributed by atoms with E-state index in [-0.39, 0.29) is 30.7 Å². The van der Waals surface area contributed by atoms with Gasteiger partial charge < -0.3 is 10.6 Å². The van der Waals surface area contributed by atoms with Crippen LogP contribution in [0.1, 0.15) is 46.0 Å². The predicted octanol–water partition coefficient (Wildman–Crippen LogP) is 1.38. The highest BCUT2D eigenvalue weighted by atomic mass is 35.5. The molecule has 0 aromatic heterocycles. The van der Waals surface area contributed by atoms with E-state index in [0.717, 1.165) is 6.54 Å². The van der Waals surface area contributed by atoms with Gasteiger partial charge in [-0.1, -0.05) is 6.42 Å². The van der Waals surface area contributed by atoms with Gasteiger partial charge in [0.05, 0.1) is 0 Å². The van der Waals surface area contributed by atoms with Crippen LogP contribution in [0.5, 0.6) is 0 Å². The van der Waals surface area contributed by atoms with Crippen molar-refractivity contribution in [3.05, 3.63) is 0 Å². The summed E-state index contributed by atoms with van der Waals surface area (Å²) in [5.41, 5.74) is 0. The molecule has 2 unspecified atom stereocenters. The van der Waals surface area contributed by atoms with Crippen LogP contribution in [0.25, 0.3) is 0 Å². The fraction of sp³-hybridized carbons (Fsp3) is 0.938. The second-order valence-electron chi connectivity index (χ2n) is 7.14. The number of hydrogen-bond acceptors (Lipinski definition) is 5. The molecule has 2 aliphatic rings. The van der Waals surface area contributed by atoms with Gasteiger partial charge in [0.25, 0.3) is 0 Å². The van der Waals surface area contributed by atoms with Gasteiger partial charge in [-0.3, -0.25) is 9.69 Å². The number of carbonyl (C=O) groups is 1. The zero-order chi connectivity index (χ0) is 17.1. The molecule has 1 amide bonds. The van der Waals surface area contributed by atoms with Crippen molar-refractivity contribution in [2.75, 3.05) is 32.4 Å². The lowest BCUT2D eigenvalue weighted by Crippen LogP contribution is -2.58. The average molecular weight is 418 g/mol. The smallest absolute Gasteiger partial charge is 0.241 e. The molecule has 25 heavy (non-hydrogen) atoms. The molecule has 2 N–H and O–H groups in total. The highest BCUT2D eigenvalue weighted by molar-refractivity contribution is 7.92. The summed E-state index contributed by atoms with van der Waals surface area (Å²) < 4.78 is 23.2. The number of piperidine rings is 2. The van der Waals surface area contributed by atoms with Crippen molar-refractivity contribution in [1.82, 2.24) is 15.5 Å². The Balaban J connectivity index is 0.00000288. The molecule has 0 radical (unpaired) electrons. The van der Waals surface area contributed by atoms with Crippen molar-refractivity contribution in [1.29, 1.82) is 0 Å². The van der Waals surface area contributed by atoms with E-state index in [4.69, 9.17) is 0 Å². The van der Waals surface area contributed by atoms with Gasteiger partial charge in [-0.15, -0.1) is 24.8 Å².